The summed E-state index contributed by atoms with van der Waals surface area (Å²) in [6.07, 6.45) is 7.23. The first-order chi connectivity index (χ1) is 6.70. The van der Waals surface area contributed by atoms with Crippen LogP contribution in [0.15, 0.2) is 11.6 Å². The zero-order valence-corrected chi connectivity index (χ0v) is 9.18. The van der Waals surface area contributed by atoms with Gasteiger partial charge in [-0.2, -0.15) is 0 Å². The topological polar surface area (TPSA) is 32.3 Å². The third-order valence-electron chi connectivity index (χ3n) is 2.53. The van der Waals surface area contributed by atoms with Crippen molar-refractivity contribution in [3.63, 3.8) is 0 Å². The Labute approximate surface area is 86.2 Å². The maximum absolute atomic E-state index is 11.2. The zero-order chi connectivity index (χ0) is 10.4. The number of carbonyl (C=O) groups is 1. The number of carbonyl (C=O) groups excluding carboxylic acids is 1. The predicted molar refractivity (Wildman–Crippen MR) is 58.1 cm³/mol. The lowest BCUT2D eigenvalue weighted by molar-refractivity contribution is -0.127. The maximum Gasteiger partial charge on any atom is 0.236 e. The van der Waals surface area contributed by atoms with Gasteiger partial charge < -0.3 is 10.2 Å². The first-order valence-corrected chi connectivity index (χ1v) is 5.29. The molecule has 1 aliphatic rings. The number of hydrogen-bond acceptors (Lipinski definition) is 2. The number of allylic oxidation sites excluding steroid dienone is 1. The lowest BCUT2D eigenvalue weighted by Crippen LogP contribution is -2.33. The van der Waals surface area contributed by atoms with Gasteiger partial charge in [0, 0.05) is 14.1 Å². The van der Waals surface area contributed by atoms with E-state index in [-0.39, 0.29) is 5.91 Å². The Morgan fingerprint density at radius 1 is 1.57 bits per heavy atom. The smallest absolute Gasteiger partial charge is 0.236 e. The number of hydrogen-bond donors (Lipinski definition) is 1. The molecule has 0 aromatic rings. The van der Waals surface area contributed by atoms with Gasteiger partial charge in [0.15, 0.2) is 0 Å². The molecule has 1 amide bonds. The molecule has 0 spiro atoms. The highest BCUT2D eigenvalue weighted by Gasteiger charge is 2.05. The Morgan fingerprint density at radius 3 is 2.93 bits per heavy atom. The summed E-state index contributed by atoms with van der Waals surface area (Å²) in [5, 5.41) is 3.16. The summed E-state index contributed by atoms with van der Waals surface area (Å²) >= 11 is 0. The molecule has 0 aromatic carbocycles. The molecule has 14 heavy (non-hydrogen) atoms. The Kier molecular flexibility index (Phi) is 4.66. The summed E-state index contributed by atoms with van der Waals surface area (Å²) in [6, 6.07) is 0. The van der Waals surface area contributed by atoms with Gasteiger partial charge in [-0.25, -0.2) is 0 Å². The van der Waals surface area contributed by atoms with Gasteiger partial charge in [-0.1, -0.05) is 11.6 Å². The van der Waals surface area contributed by atoms with E-state index in [2.05, 4.69) is 11.4 Å². The quantitative estimate of drug-likeness (QED) is 0.529. The van der Waals surface area contributed by atoms with Crippen LogP contribution in [0.2, 0.25) is 0 Å². The van der Waals surface area contributed by atoms with Crippen LogP contribution in [0.3, 0.4) is 0 Å². The monoisotopic (exact) mass is 196 g/mol. The standard InChI is InChI=1S/C11H20N2O/c1-13(2)11(14)9-12-8-7-10-5-3-4-6-10/h5,12H,3-4,6-9H2,1-2H3. The molecule has 0 bridgehead atoms. The molecule has 1 N–H and O–H groups in total. The number of likely N-dealkylation sites (N-methyl/N-ethyl adjacent to an activating group) is 1. The molecule has 0 heterocycles. The third kappa shape index (κ3) is 3.92. The van der Waals surface area contributed by atoms with Crippen molar-refractivity contribution in [3.8, 4) is 0 Å². The summed E-state index contributed by atoms with van der Waals surface area (Å²) < 4.78 is 0. The minimum absolute atomic E-state index is 0.144. The molecule has 0 atom stereocenters. The van der Waals surface area contributed by atoms with E-state index < -0.39 is 0 Å². The fourth-order valence-corrected chi connectivity index (χ4v) is 1.57. The second kappa shape index (κ2) is 5.81. The van der Waals surface area contributed by atoms with Crippen molar-refractivity contribution in [2.24, 2.45) is 0 Å². The largest absolute Gasteiger partial charge is 0.348 e. The van der Waals surface area contributed by atoms with Gasteiger partial charge in [-0.15, -0.1) is 0 Å². The van der Waals surface area contributed by atoms with Gasteiger partial charge in [-0.05, 0) is 32.2 Å². The highest BCUT2D eigenvalue weighted by atomic mass is 16.2. The first kappa shape index (κ1) is 11.2. The summed E-state index contributed by atoms with van der Waals surface area (Å²) in [7, 11) is 3.56. The summed E-state index contributed by atoms with van der Waals surface area (Å²) in [4.78, 5) is 12.8. The SMILES string of the molecule is CN(C)C(=O)CNCCC1=CCCC1. The third-order valence-corrected chi connectivity index (χ3v) is 2.53. The van der Waals surface area contributed by atoms with E-state index in [1.807, 2.05) is 0 Å². The molecule has 0 saturated heterocycles. The van der Waals surface area contributed by atoms with Crippen LogP contribution in [0.5, 0.6) is 0 Å². The normalized spacial score (nSPS) is 15.4. The van der Waals surface area contributed by atoms with Crippen LogP contribution in [0.4, 0.5) is 0 Å². The van der Waals surface area contributed by atoms with Crippen molar-refractivity contribution in [3.05, 3.63) is 11.6 Å². The van der Waals surface area contributed by atoms with Gasteiger partial charge in [-0.3, -0.25) is 4.79 Å². The Bertz CT molecular complexity index is 221. The van der Waals surface area contributed by atoms with E-state index in [0.29, 0.717) is 6.54 Å². The molecule has 0 unspecified atom stereocenters. The highest BCUT2D eigenvalue weighted by Crippen LogP contribution is 2.19. The van der Waals surface area contributed by atoms with E-state index in [0.717, 1.165) is 13.0 Å². The molecule has 1 rings (SSSR count). The summed E-state index contributed by atoms with van der Waals surface area (Å²) in [6.45, 7) is 1.38. The highest BCUT2D eigenvalue weighted by molar-refractivity contribution is 5.77. The molecule has 0 saturated carbocycles. The fourth-order valence-electron chi connectivity index (χ4n) is 1.57. The first-order valence-electron chi connectivity index (χ1n) is 5.29. The molecule has 80 valence electrons. The zero-order valence-electron chi connectivity index (χ0n) is 9.18. The number of nitrogens with one attached hydrogen (secondary N) is 1. The van der Waals surface area contributed by atoms with Crippen molar-refractivity contribution in [2.45, 2.75) is 25.7 Å². The van der Waals surface area contributed by atoms with Crippen LogP contribution >= 0.6 is 0 Å². The van der Waals surface area contributed by atoms with E-state index in [9.17, 15) is 4.79 Å². The van der Waals surface area contributed by atoms with Crippen molar-refractivity contribution >= 4 is 5.91 Å². The van der Waals surface area contributed by atoms with Crippen molar-refractivity contribution in [1.82, 2.24) is 10.2 Å². The predicted octanol–water partition coefficient (Wildman–Crippen LogP) is 1.16. The Balaban J connectivity index is 2.01. The second-order valence-corrected chi connectivity index (χ2v) is 3.97. The average Bonchev–Trinajstić information content (AvgIpc) is 2.64. The minimum Gasteiger partial charge on any atom is -0.348 e. The Morgan fingerprint density at radius 2 is 2.36 bits per heavy atom. The summed E-state index contributed by atoms with van der Waals surface area (Å²) in [5.74, 6) is 0.144. The lowest BCUT2D eigenvalue weighted by Gasteiger charge is -2.10. The molecule has 1 aliphatic carbocycles. The van der Waals surface area contributed by atoms with Crippen LogP contribution in [0, 0.1) is 0 Å². The van der Waals surface area contributed by atoms with Gasteiger partial charge in [0.05, 0.1) is 6.54 Å². The van der Waals surface area contributed by atoms with Crippen molar-refractivity contribution in [1.29, 1.82) is 0 Å². The number of amides is 1. The fraction of sp³-hybridized carbons (Fsp3) is 0.727. The number of rotatable bonds is 5. The van der Waals surface area contributed by atoms with Crippen molar-refractivity contribution < 1.29 is 4.79 Å². The van der Waals surface area contributed by atoms with Crippen LogP contribution in [0.25, 0.3) is 0 Å². The van der Waals surface area contributed by atoms with Crippen LogP contribution < -0.4 is 5.32 Å². The van der Waals surface area contributed by atoms with Gasteiger partial charge in [0.2, 0.25) is 5.91 Å². The van der Waals surface area contributed by atoms with E-state index in [1.165, 1.54) is 19.3 Å². The molecular weight excluding hydrogens is 176 g/mol. The van der Waals surface area contributed by atoms with E-state index in [1.54, 1.807) is 24.6 Å². The molecule has 0 fully saturated rings. The number of nitrogens with zero attached hydrogens (tertiary/aromatic N) is 1. The van der Waals surface area contributed by atoms with E-state index >= 15 is 0 Å². The van der Waals surface area contributed by atoms with Crippen molar-refractivity contribution in [2.75, 3.05) is 27.2 Å². The lowest BCUT2D eigenvalue weighted by atomic mass is 10.2. The molecule has 3 nitrogen and oxygen atoms in total. The minimum atomic E-state index is 0.144. The molecule has 0 aromatic heterocycles. The average molecular weight is 196 g/mol. The van der Waals surface area contributed by atoms with Gasteiger partial charge in [0.25, 0.3) is 0 Å². The van der Waals surface area contributed by atoms with E-state index in [4.69, 9.17) is 0 Å². The van der Waals surface area contributed by atoms with Crippen LogP contribution in [-0.4, -0.2) is 38.0 Å². The molecule has 0 aliphatic heterocycles. The van der Waals surface area contributed by atoms with Crippen LogP contribution in [-0.2, 0) is 4.79 Å². The van der Waals surface area contributed by atoms with Crippen LogP contribution in [0.1, 0.15) is 25.7 Å². The van der Waals surface area contributed by atoms with Gasteiger partial charge >= 0.3 is 0 Å². The Hall–Kier alpha value is -0.830. The second-order valence-electron chi connectivity index (χ2n) is 3.97. The molecule has 3 heteroatoms. The maximum atomic E-state index is 11.2. The van der Waals surface area contributed by atoms with Gasteiger partial charge in [0.1, 0.15) is 0 Å². The summed E-state index contributed by atoms with van der Waals surface area (Å²) in [5.41, 5.74) is 1.55. The molecular formula is C11H20N2O. The molecule has 0 radical (unpaired) electrons.